The predicted molar refractivity (Wildman–Crippen MR) is 163 cm³/mol. The van der Waals surface area contributed by atoms with Crippen LogP contribution in [0.25, 0.3) is 0 Å². The first-order valence-corrected chi connectivity index (χ1v) is 17.1. The second kappa shape index (κ2) is 14.1. The average molecular weight is 619 g/mol. The Bertz CT molecular complexity index is 1390. The van der Waals surface area contributed by atoms with Crippen LogP contribution in [-0.2, 0) is 32.5 Å². The molecule has 1 unspecified atom stereocenters. The number of esters is 1. The van der Waals surface area contributed by atoms with Crippen LogP contribution in [0.1, 0.15) is 78.1 Å². The topological polar surface area (TPSA) is 116 Å². The molecule has 0 aliphatic carbocycles. The number of thiophene rings is 1. The minimum Gasteiger partial charge on any atom is -0.466 e. The molecule has 4 rings (SSSR count). The Morgan fingerprint density at radius 1 is 1.07 bits per heavy atom. The molecule has 1 saturated heterocycles. The van der Waals surface area contributed by atoms with E-state index >= 15 is 0 Å². The quantitative estimate of drug-likeness (QED) is 0.375. The number of hydrogen-bond donors (Lipinski definition) is 1. The van der Waals surface area contributed by atoms with Crippen molar-refractivity contribution in [3.63, 3.8) is 0 Å². The second-order valence-corrected chi connectivity index (χ2v) is 13.7. The second-order valence-electron chi connectivity index (χ2n) is 10.6. The van der Waals surface area contributed by atoms with Gasteiger partial charge in [0, 0.05) is 49.7 Å². The summed E-state index contributed by atoms with van der Waals surface area (Å²) < 4.78 is 33.1. The molecule has 3 heterocycles. The third-order valence-electron chi connectivity index (χ3n) is 7.93. The van der Waals surface area contributed by atoms with E-state index in [0.29, 0.717) is 43.0 Å². The van der Waals surface area contributed by atoms with Gasteiger partial charge in [-0.3, -0.25) is 19.3 Å². The number of rotatable bonds is 11. The first-order valence-electron chi connectivity index (χ1n) is 14.9. The molecule has 12 heteroatoms. The molecule has 1 fully saturated rings. The molecule has 0 saturated carbocycles. The fraction of sp³-hybridized carbons (Fsp3) is 0.567. The zero-order valence-corrected chi connectivity index (χ0v) is 26.6. The van der Waals surface area contributed by atoms with Crippen molar-refractivity contribution in [2.75, 3.05) is 51.2 Å². The molecule has 2 aromatic rings. The van der Waals surface area contributed by atoms with Crippen molar-refractivity contribution in [1.29, 1.82) is 0 Å². The fourth-order valence-corrected chi connectivity index (χ4v) is 8.46. The molecule has 10 nitrogen and oxygen atoms in total. The predicted octanol–water partition coefficient (Wildman–Crippen LogP) is 4.21. The van der Waals surface area contributed by atoms with Crippen molar-refractivity contribution in [3.8, 4) is 0 Å². The van der Waals surface area contributed by atoms with Gasteiger partial charge in [0.05, 0.1) is 23.0 Å². The van der Waals surface area contributed by atoms with E-state index in [0.717, 1.165) is 42.9 Å². The highest BCUT2D eigenvalue weighted by molar-refractivity contribution is 7.89. The minimum atomic E-state index is -3.85. The Labute approximate surface area is 253 Å². The Kier molecular flexibility index (Phi) is 10.8. The number of ether oxygens (including phenoxy) is 1. The first-order chi connectivity index (χ1) is 20.1. The van der Waals surface area contributed by atoms with Crippen LogP contribution in [0.4, 0.5) is 5.00 Å². The number of hydrogen-bond acceptors (Lipinski definition) is 8. The van der Waals surface area contributed by atoms with Gasteiger partial charge in [-0.25, -0.2) is 8.42 Å². The SMILES string of the molecule is CCCN1CCc2c(sc(NC(=O)c3ccc(S(=O)(=O)N4CCCC(C(=O)OCC)C4)cc3)c2C(=O)N(CC)CC)C1. The third kappa shape index (κ3) is 6.88. The van der Waals surface area contributed by atoms with Crippen molar-refractivity contribution >= 4 is 44.1 Å². The number of nitrogens with one attached hydrogen (secondary N) is 1. The maximum absolute atomic E-state index is 13.6. The number of fused-ring (bicyclic) bond motifs is 1. The van der Waals surface area contributed by atoms with Crippen LogP contribution in [0.3, 0.4) is 0 Å². The van der Waals surface area contributed by atoms with Gasteiger partial charge in [-0.2, -0.15) is 4.31 Å². The maximum Gasteiger partial charge on any atom is 0.310 e. The van der Waals surface area contributed by atoms with Crippen LogP contribution in [-0.4, -0.2) is 86.2 Å². The van der Waals surface area contributed by atoms with Crippen LogP contribution in [0, 0.1) is 5.92 Å². The molecule has 0 spiro atoms. The van der Waals surface area contributed by atoms with E-state index in [1.54, 1.807) is 11.8 Å². The molecule has 42 heavy (non-hydrogen) atoms. The highest BCUT2D eigenvalue weighted by atomic mass is 32.2. The van der Waals surface area contributed by atoms with Gasteiger partial charge in [-0.15, -0.1) is 11.3 Å². The highest BCUT2D eigenvalue weighted by Gasteiger charge is 2.34. The molecule has 2 aliphatic rings. The minimum absolute atomic E-state index is 0.0589. The zero-order chi connectivity index (χ0) is 30.4. The lowest BCUT2D eigenvalue weighted by molar-refractivity contribution is -0.149. The lowest BCUT2D eigenvalue weighted by Crippen LogP contribution is -2.42. The summed E-state index contributed by atoms with van der Waals surface area (Å²) >= 11 is 1.45. The number of sulfonamides is 1. The molecule has 1 aromatic carbocycles. The summed E-state index contributed by atoms with van der Waals surface area (Å²) in [5, 5.41) is 3.51. The molecule has 2 amide bonds. The highest BCUT2D eigenvalue weighted by Crippen LogP contribution is 2.38. The van der Waals surface area contributed by atoms with E-state index in [-0.39, 0.29) is 35.5 Å². The molecular formula is C30H42N4O6S2. The monoisotopic (exact) mass is 618 g/mol. The Morgan fingerprint density at radius 3 is 2.43 bits per heavy atom. The number of anilines is 1. The molecular weight excluding hydrogens is 576 g/mol. The summed E-state index contributed by atoms with van der Waals surface area (Å²) in [6.07, 6.45) is 2.96. The number of carbonyl (C=O) groups is 3. The van der Waals surface area contributed by atoms with Crippen molar-refractivity contribution in [2.45, 2.75) is 64.8 Å². The zero-order valence-electron chi connectivity index (χ0n) is 25.0. The molecule has 230 valence electrons. The summed E-state index contributed by atoms with van der Waals surface area (Å²) in [7, 11) is -3.85. The third-order valence-corrected chi connectivity index (χ3v) is 10.9. The molecule has 1 aromatic heterocycles. The first kappa shape index (κ1) is 32.1. The van der Waals surface area contributed by atoms with E-state index in [9.17, 15) is 22.8 Å². The van der Waals surface area contributed by atoms with Gasteiger partial charge in [-0.05, 0) is 82.8 Å². The number of amides is 2. The van der Waals surface area contributed by atoms with Gasteiger partial charge in [0.2, 0.25) is 10.0 Å². The van der Waals surface area contributed by atoms with Gasteiger partial charge in [0.25, 0.3) is 11.8 Å². The number of carbonyl (C=O) groups excluding carboxylic acids is 3. The van der Waals surface area contributed by atoms with E-state index < -0.39 is 21.8 Å². The van der Waals surface area contributed by atoms with Gasteiger partial charge in [0.15, 0.2) is 0 Å². The normalized spacial score (nSPS) is 17.9. The maximum atomic E-state index is 13.6. The Balaban J connectivity index is 1.54. The van der Waals surface area contributed by atoms with E-state index in [4.69, 9.17) is 4.74 Å². The van der Waals surface area contributed by atoms with E-state index in [1.807, 2.05) is 13.8 Å². The van der Waals surface area contributed by atoms with Crippen molar-refractivity contribution in [1.82, 2.24) is 14.1 Å². The number of nitrogens with zero attached hydrogens (tertiary/aromatic N) is 3. The van der Waals surface area contributed by atoms with Gasteiger partial charge >= 0.3 is 5.97 Å². The molecule has 1 atom stereocenters. The van der Waals surface area contributed by atoms with Gasteiger partial charge < -0.3 is 15.0 Å². The summed E-state index contributed by atoms with van der Waals surface area (Å²) in [5.41, 5.74) is 1.88. The van der Waals surface area contributed by atoms with Gasteiger partial charge in [-0.1, -0.05) is 6.92 Å². The standard InChI is InChI=1S/C30H42N4O6S2/c1-5-16-32-18-15-24-25(20-32)41-28(26(24)29(36)33(6-2)7-3)31-27(35)21-11-13-23(14-12-21)42(38,39)34-17-9-10-22(19-34)30(37)40-8-4/h11-14,22H,5-10,15-20H2,1-4H3,(H,31,35). The Hall–Kier alpha value is -2.80. The van der Waals surface area contributed by atoms with E-state index in [1.165, 1.54) is 39.9 Å². The molecule has 2 aliphatic heterocycles. The summed E-state index contributed by atoms with van der Waals surface area (Å²) in [6, 6.07) is 5.80. The number of piperidine rings is 1. The van der Waals surface area contributed by atoms with Crippen LogP contribution < -0.4 is 5.32 Å². The summed E-state index contributed by atoms with van der Waals surface area (Å²) in [6.45, 7) is 12.2. The summed E-state index contributed by atoms with van der Waals surface area (Å²) in [5.74, 6) is -1.35. The summed E-state index contributed by atoms with van der Waals surface area (Å²) in [4.78, 5) is 44.4. The lowest BCUT2D eigenvalue weighted by atomic mass is 10.0. The van der Waals surface area contributed by atoms with Crippen LogP contribution in [0.15, 0.2) is 29.2 Å². The molecule has 1 N–H and O–H groups in total. The van der Waals surface area contributed by atoms with Crippen molar-refractivity contribution < 1.29 is 27.5 Å². The van der Waals surface area contributed by atoms with Crippen LogP contribution >= 0.6 is 11.3 Å². The average Bonchev–Trinajstić information content (AvgIpc) is 3.35. The largest absolute Gasteiger partial charge is 0.466 e. The molecule has 0 bridgehead atoms. The Morgan fingerprint density at radius 2 is 1.79 bits per heavy atom. The molecule has 0 radical (unpaired) electrons. The lowest BCUT2D eigenvalue weighted by Gasteiger charge is -2.30. The van der Waals surface area contributed by atoms with Crippen molar-refractivity contribution in [2.24, 2.45) is 5.92 Å². The van der Waals surface area contributed by atoms with Crippen LogP contribution in [0.2, 0.25) is 0 Å². The fourth-order valence-electron chi connectivity index (χ4n) is 5.66. The van der Waals surface area contributed by atoms with Gasteiger partial charge in [0.1, 0.15) is 5.00 Å². The van der Waals surface area contributed by atoms with Crippen molar-refractivity contribution in [3.05, 3.63) is 45.8 Å². The smallest absolute Gasteiger partial charge is 0.310 e. The van der Waals surface area contributed by atoms with E-state index in [2.05, 4.69) is 17.1 Å². The van der Waals surface area contributed by atoms with Crippen LogP contribution in [0.5, 0.6) is 0 Å². The number of benzene rings is 1.